The van der Waals surface area contributed by atoms with E-state index in [2.05, 4.69) is 79.8 Å². The third-order valence-corrected chi connectivity index (χ3v) is 6.35. The Kier molecular flexibility index (Phi) is 6.19. The van der Waals surface area contributed by atoms with Crippen molar-refractivity contribution in [1.29, 1.82) is 0 Å². The van der Waals surface area contributed by atoms with E-state index in [0.29, 0.717) is 0 Å². The summed E-state index contributed by atoms with van der Waals surface area (Å²) in [4.78, 5) is 9.60. The molecule has 1 fully saturated rings. The van der Waals surface area contributed by atoms with Crippen LogP contribution >= 0.6 is 0 Å². The Bertz CT molecular complexity index is 986. The van der Waals surface area contributed by atoms with Crippen LogP contribution in [-0.4, -0.2) is 48.0 Å². The first-order valence-electron chi connectivity index (χ1n) is 11.1. The van der Waals surface area contributed by atoms with Crippen molar-refractivity contribution in [3.05, 3.63) is 89.0 Å². The van der Waals surface area contributed by atoms with Crippen LogP contribution in [0.2, 0.25) is 0 Å². The van der Waals surface area contributed by atoms with Crippen molar-refractivity contribution in [2.24, 2.45) is 0 Å². The maximum atomic E-state index is 4.83. The maximum Gasteiger partial charge on any atom is 0.0520 e. The molecule has 1 aliphatic heterocycles. The van der Waals surface area contributed by atoms with Gasteiger partial charge in [-0.2, -0.15) is 0 Å². The summed E-state index contributed by atoms with van der Waals surface area (Å²) >= 11 is 0. The van der Waals surface area contributed by atoms with E-state index in [1.54, 1.807) is 0 Å². The Balaban J connectivity index is 0.00000272. The molecule has 2 aliphatic carbocycles. The Morgan fingerprint density at radius 1 is 1.13 bits per heavy atom. The van der Waals surface area contributed by atoms with Crippen LogP contribution < -0.4 is 0 Å². The number of fused-ring (bicyclic) bond motifs is 1. The van der Waals surface area contributed by atoms with Crippen LogP contribution in [0.3, 0.4) is 0 Å². The van der Waals surface area contributed by atoms with Gasteiger partial charge in [-0.3, -0.25) is 4.98 Å². The van der Waals surface area contributed by atoms with Gasteiger partial charge in [0.25, 0.3) is 0 Å². The lowest BCUT2D eigenvalue weighted by Crippen LogP contribution is -2.43. The highest BCUT2D eigenvalue weighted by atomic mass is 15.2. The van der Waals surface area contributed by atoms with Gasteiger partial charge in [0.15, 0.2) is 0 Å². The molecule has 1 aromatic rings. The largest absolute Gasteiger partial charge is 0.369 e. The van der Waals surface area contributed by atoms with Crippen LogP contribution in [0, 0.1) is 0 Å². The normalized spacial score (nSPS) is 20.2. The van der Waals surface area contributed by atoms with Gasteiger partial charge in [-0.15, -0.1) is 0 Å². The molecule has 2 heterocycles. The number of rotatable bonds is 5. The minimum Gasteiger partial charge on any atom is -0.369 e. The summed E-state index contributed by atoms with van der Waals surface area (Å²) in [7, 11) is 2.19. The van der Waals surface area contributed by atoms with Crippen LogP contribution in [0.25, 0.3) is 11.1 Å². The van der Waals surface area contributed by atoms with Crippen molar-refractivity contribution in [1.82, 2.24) is 14.8 Å². The zero-order chi connectivity index (χ0) is 21.1. The molecule has 0 aromatic carbocycles. The molecule has 0 atom stereocenters. The standard InChI is InChI=1S/C27H33N3.H2/c1-5-8-22(17-21(3)30-15-13-29(4)14-16-30)25-11-12-27-26(25)18-23(19-28-27)24-10-7-6-9-20(24)2;/h5,8-11,17-19H,3,6-7,12-16H2,1-2,4H3;1H/b8-5-,22-17+;. The van der Waals surface area contributed by atoms with Gasteiger partial charge in [0.1, 0.15) is 0 Å². The van der Waals surface area contributed by atoms with Crippen LogP contribution in [-0.2, 0) is 6.42 Å². The van der Waals surface area contributed by atoms with Crippen molar-refractivity contribution in [2.75, 3.05) is 33.2 Å². The molecule has 3 heteroatoms. The SMILES string of the molecule is C=C(/C=C(\C=C/C)C1=CCc2ncc(C3=CCCC=C3C)cc21)N1CCN(C)CC1.[HH]. The van der Waals surface area contributed by atoms with Crippen LogP contribution in [0.5, 0.6) is 0 Å². The molecule has 0 spiro atoms. The lowest BCUT2D eigenvalue weighted by Gasteiger charge is -2.34. The van der Waals surface area contributed by atoms with Gasteiger partial charge in [-0.25, -0.2) is 0 Å². The van der Waals surface area contributed by atoms with Crippen LogP contribution in [0.15, 0.2) is 72.1 Å². The molecule has 3 nitrogen and oxygen atoms in total. The summed E-state index contributed by atoms with van der Waals surface area (Å²) < 4.78 is 0. The van der Waals surface area contributed by atoms with Gasteiger partial charge in [-0.1, -0.05) is 37.0 Å². The maximum absolute atomic E-state index is 4.83. The van der Waals surface area contributed by atoms with Gasteiger partial charge < -0.3 is 9.80 Å². The number of pyridine rings is 1. The molecule has 0 amide bonds. The van der Waals surface area contributed by atoms with Crippen molar-refractivity contribution in [2.45, 2.75) is 33.1 Å². The van der Waals surface area contributed by atoms with Crippen molar-refractivity contribution < 1.29 is 1.43 Å². The molecule has 0 N–H and O–H groups in total. The zero-order valence-electron chi connectivity index (χ0n) is 18.6. The van der Waals surface area contributed by atoms with E-state index in [1.807, 2.05) is 6.20 Å². The molecule has 0 unspecified atom stereocenters. The molecule has 1 aromatic heterocycles. The average molecular weight is 402 g/mol. The van der Waals surface area contributed by atoms with Crippen molar-refractivity contribution in [3.8, 4) is 0 Å². The second-order valence-electron chi connectivity index (χ2n) is 8.50. The lowest BCUT2D eigenvalue weighted by atomic mass is 9.91. The monoisotopic (exact) mass is 401 g/mol. The first kappa shape index (κ1) is 20.6. The number of piperazine rings is 1. The molecule has 3 aliphatic rings. The molecule has 1 saturated heterocycles. The summed E-state index contributed by atoms with van der Waals surface area (Å²) in [5.41, 5.74) is 9.97. The van der Waals surface area contributed by atoms with E-state index in [1.165, 1.54) is 39.1 Å². The fourth-order valence-corrected chi connectivity index (χ4v) is 4.52. The number of nitrogens with zero attached hydrogens (tertiary/aromatic N) is 3. The first-order valence-corrected chi connectivity index (χ1v) is 11.1. The quantitative estimate of drug-likeness (QED) is 0.594. The molecule has 158 valence electrons. The fourth-order valence-electron chi connectivity index (χ4n) is 4.52. The number of aromatic nitrogens is 1. The third kappa shape index (κ3) is 4.27. The van der Waals surface area contributed by atoms with Crippen LogP contribution in [0.4, 0.5) is 0 Å². The lowest BCUT2D eigenvalue weighted by molar-refractivity contribution is 0.190. The van der Waals surface area contributed by atoms with E-state index in [-0.39, 0.29) is 1.43 Å². The topological polar surface area (TPSA) is 19.4 Å². The highest BCUT2D eigenvalue weighted by Gasteiger charge is 2.21. The second-order valence-corrected chi connectivity index (χ2v) is 8.50. The number of hydrogen-bond acceptors (Lipinski definition) is 3. The number of likely N-dealkylation sites (N-methyl/N-ethyl adjacent to an activating group) is 1. The molecular formula is C27H35N3. The molecule has 0 saturated carbocycles. The van der Waals surface area contributed by atoms with E-state index < -0.39 is 0 Å². The minimum atomic E-state index is 0. The summed E-state index contributed by atoms with van der Waals surface area (Å²) in [6, 6.07) is 2.34. The molecule has 0 bridgehead atoms. The third-order valence-electron chi connectivity index (χ3n) is 6.35. The molecular weight excluding hydrogens is 366 g/mol. The van der Waals surface area contributed by atoms with Crippen molar-refractivity contribution in [3.63, 3.8) is 0 Å². The molecule has 0 radical (unpaired) electrons. The van der Waals surface area contributed by atoms with E-state index in [9.17, 15) is 0 Å². The first-order chi connectivity index (χ1) is 14.6. The number of hydrogen-bond donors (Lipinski definition) is 0. The van der Waals surface area contributed by atoms with Gasteiger partial charge in [-0.05, 0) is 68.2 Å². The van der Waals surface area contributed by atoms with E-state index in [0.717, 1.165) is 51.1 Å². The van der Waals surface area contributed by atoms with Gasteiger partial charge in [0, 0.05) is 57.0 Å². The Labute approximate surface area is 183 Å². The smallest absolute Gasteiger partial charge is 0.0520 e. The fraction of sp³-hybridized carbons (Fsp3) is 0.370. The highest BCUT2D eigenvalue weighted by molar-refractivity contribution is 5.88. The summed E-state index contributed by atoms with van der Waals surface area (Å²) in [6.07, 6.45) is 18.8. The Morgan fingerprint density at radius 2 is 1.90 bits per heavy atom. The summed E-state index contributed by atoms with van der Waals surface area (Å²) in [6.45, 7) is 12.9. The summed E-state index contributed by atoms with van der Waals surface area (Å²) in [5.74, 6) is 0. The van der Waals surface area contributed by atoms with Gasteiger partial charge >= 0.3 is 0 Å². The highest BCUT2D eigenvalue weighted by Crippen LogP contribution is 2.36. The minimum absolute atomic E-state index is 0. The van der Waals surface area contributed by atoms with Gasteiger partial charge in [0.05, 0.1) is 5.69 Å². The predicted molar refractivity (Wildman–Crippen MR) is 130 cm³/mol. The average Bonchev–Trinajstić information content (AvgIpc) is 3.17. The Morgan fingerprint density at radius 3 is 2.63 bits per heavy atom. The molecule has 30 heavy (non-hydrogen) atoms. The van der Waals surface area contributed by atoms with Gasteiger partial charge in [0.2, 0.25) is 0 Å². The van der Waals surface area contributed by atoms with E-state index >= 15 is 0 Å². The predicted octanol–water partition coefficient (Wildman–Crippen LogP) is 5.65. The number of allylic oxidation sites excluding steroid dienone is 10. The van der Waals surface area contributed by atoms with Crippen LogP contribution in [0.1, 0.15) is 44.9 Å². The second kappa shape index (κ2) is 9.01. The summed E-state index contributed by atoms with van der Waals surface area (Å²) in [5, 5.41) is 0. The van der Waals surface area contributed by atoms with E-state index in [4.69, 9.17) is 4.98 Å². The zero-order valence-corrected chi connectivity index (χ0v) is 18.6. The molecule has 4 rings (SSSR count). The Hall–Kier alpha value is -2.65. The van der Waals surface area contributed by atoms with Crippen molar-refractivity contribution >= 4 is 11.1 Å².